The first-order valence-corrected chi connectivity index (χ1v) is 6.45. The summed E-state index contributed by atoms with van der Waals surface area (Å²) in [5, 5.41) is 12.2. The molecule has 1 aromatic rings. The van der Waals surface area contributed by atoms with Crippen LogP contribution in [0.2, 0.25) is 0 Å². The van der Waals surface area contributed by atoms with Crippen LogP contribution >= 0.6 is 0 Å². The van der Waals surface area contributed by atoms with Crippen LogP contribution in [0.5, 0.6) is 5.75 Å². The predicted octanol–water partition coefficient (Wildman–Crippen LogP) is 2.09. The molecular formula is C14H21NO2. The minimum atomic E-state index is 0.244. The SMILES string of the molecule is OCCCCOc1ccccc1CNC1CC1. The second kappa shape index (κ2) is 6.62. The van der Waals surface area contributed by atoms with Gasteiger partial charge in [-0.2, -0.15) is 0 Å². The molecule has 1 aliphatic carbocycles. The molecule has 0 spiro atoms. The van der Waals surface area contributed by atoms with Crippen LogP contribution in [0.1, 0.15) is 31.2 Å². The highest BCUT2D eigenvalue weighted by molar-refractivity contribution is 5.33. The molecule has 0 bridgehead atoms. The molecule has 1 aromatic carbocycles. The maximum absolute atomic E-state index is 8.70. The Morgan fingerprint density at radius 3 is 2.82 bits per heavy atom. The maximum atomic E-state index is 8.70. The maximum Gasteiger partial charge on any atom is 0.123 e. The van der Waals surface area contributed by atoms with Crippen LogP contribution < -0.4 is 10.1 Å². The number of para-hydroxylation sites is 1. The molecule has 0 amide bonds. The molecule has 2 N–H and O–H groups in total. The van der Waals surface area contributed by atoms with Crippen LogP contribution in [-0.2, 0) is 6.54 Å². The van der Waals surface area contributed by atoms with E-state index in [1.165, 1.54) is 18.4 Å². The van der Waals surface area contributed by atoms with Crippen LogP contribution in [0, 0.1) is 0 Å². The summed E-state index contributed by atoms with van der Waals surface area (Å²) in [6.45, 7) is 1.82. The minimum absolute atomic E-state index is 0.244. The van der Waals surface area contributed by atoms with Gasteiger partial charge in [-0.1, -0.05) is 18.2 Å². The van der Waals surface area contributed by atoms with Gasteiger partial charge in [0, 0.05) is 24.8 Å². The number of hydrogen-bond acceptors (Lipinski definition) is 3. The molecule has 0 aliphatic heterocycles. The van der Waals surface area contributed by atoms with Crippen molar-refractivity contribution in [2.24, 2.45) is 0 Å². The first-order chi connectivity index (χ1) is 8.40. The molecule has 1 saturated carbocycles. The van der Waals surface area contributed by atoms with Gasteiger partial charge in [-0.05, 0) is 31.7 Å². The predicted molar refractivity (Wildman–Crippen MR) is 68.1 cm³/mol. The second-order valence-electron chi connectivity index (χ2n) is 4.54. The van der Waals surface area contributed by atoms with Crippen molar-refractivity contribution >= 4 is 0 Å². The number of hydrogen-bond donors (Lipinski definition) is 2. The van der Waals surface area contributed by atoms with Crippen molar-refractivity contribution in [3.63, 3.8) is 0 Å². The number of benzene rings is 1. The third kappa shape index (κ3) is 4.36. The van der Waals surface area contributed by atoms with Gasteiger partial charge < -0.3 is 15.2 Å². The van der Waals surface area contributed by atoms with Crippen LogP contribution in [0.15, 0.2) is 24.3 Å². The van der Waals surface area contributed by atoms with Crippen LogP contribution in [-0.4, -0.2) is 24.4 Å². The Balaban J connectivity index is 1.80. The minimum Gasteiger partial charge on any atom is -0.493 e. The average molecular weight is 235 g/mol. The summed E-state index contributed by atoms with van der Waals surface area (Å²) in [7, 11) is 0. The van der Waals surface area contributed by atoms with Gasteiger partial charge in [-0.3, -0.25) is 0 Å². The van der Waals surface area contributed by atoms with Crippen LogP contribution in [0.4, 0.5) is 0 Å². The molecule has 0 atom stereocenters. The number of unbranched alkanes of at least 4 members (excludes halogenated alkanes) is 1. The summed E-state index contributed by atoms with van der Waals surface area (Å²) in [6, 6.07) is 8.89. The van der Waals surface area contributed by atoms with Gasteiger partial charge in [0.05, 0.1) is 6.61 Å². The molecule has 0 aromatic heterocycles. The monoisotopic (exact) mass is 235 g/mol. The zero-order valence-corrected chi connectivity index (χ0v) is 10.2. The Hall–Kier alpha value is -1.06. The third-order valence-electron chi connectivity index (χ3n) is 2.94. The lowest BCUT2D eigenvalue weighted by molar-refractivity contribution is 0.252. The van der Waals surface area contributed by atoms with Crippen molar-refractivity contribution in [3.8, 4) is 5.75 Å². The van der Waals surface area contributed by atoms with E-state index < -0.39 is 0 Å². The van der Waals surface area contributed by atoms with Gasteiger partial charge >= 0.3 is 0 Å². The fourth-order valence-corrected chi connectivity index (χ4v) is 1.73. The fourth-order valence-electron chi connectivity index (χ4n) is 1.73. The molecule has 3 nitrogen and oxygen atoms in total. The molecule has 0 radical (unpaired) electrons. The molecule has 3 heteroatoms. The van der Waals surface area contributed by atoms with Gasteiger partial charge in [0.2, 0.25) is 0 Å². The normalized spacial score (nSPS) is 14.9. The largest absolute Gasteiger partial charge is 0.493 e. The summed E-state index contributed by atoms with van der Waals surface area (Å²) < 4.78 is 5.74. The van der Waals surface area contributed by atoms with E-state index in [4.69, 9.17) is 9.84 Å². The standard InChI is InChI=1S/C14H21NO2/c16-9-3-4-10-17-14-6-2-1-5-12(14)11-15-13-7-8-13/h1-2,5-6,13,15-16H,3-4,7-11H2. The summed E-state index contributed by atoms with van der Waals surface area (Å²) in [4.78, 5) is 0. The van der Waals surface area contributed by atoms with Gasteiger partial charge in [0.1, 0.15) is 5.75 Å². The molecule has 2 rings (SSSR count). The van der Waals surface area contributed by atoms with E-state index in [0.717, 1.165) is 31.2 Å². The quantitative estimate of drug-likeness (QED) is 0.678. The van der Waals surface area contributed by atoms with Crippen molar-refractivity contribution < 1.29 is 9.84 Å². The summed E-state index contributed by atoms with van der Waals surface area (Å²) in [6.07, 6.45) is 4.32. The van der Waals surface area contributed by atoms with Gasteiger partial charge in [-0.25, -0.2) is 0 Å². The fraction of sp³-hybridized carbons (Fsp3) is 0.571. The number of ether oxygens (including phenoxy) is 1. The van der Waals surface area contributed by atoms with Gasteiger partial charge in [0.15, 0.2) is 0 Å². The number of rotatable bonds is 8. The van der Waals surface area contributed by atoms with Crippen LogP contribution in [0.25, 0.3) is 0 Å². The molecule has 1 fully saturated rings. The van der Waals surface area contributed by atoms with E-state index in [-0.39, 0.29) is 6.61 Å². The molecular weight excluding hydrogens is 214 g/mol. The Bertz CT molecular complexity index is 337. The second-order valence-corrected chi connectivity index (χ2v) is 4.54. The zero-order valence-electron chi connectivity index (χ0n) is 10.2. The smallest absolute Gasteiger partial charge is 0.123 e. The van der Waals surface area contributed by atoms with E-state index in [2.05, 4.69) is 11.4 Å². The lowest BCUT2D eigenvalue weighted by Crippen LogP contribution is -2.16. The first-order valence-electron chi connectivity index (χ1n) is 6.45. The lowest BCUT2D eigenvalue weighted by atomic mass is 10.2. The summed E-state index contributed by atoms with van der Waals surface area (Å²) in [5.41, 5.74) is 1.23. The Labute approximate surface area is 103 Å². The Morgan fingerprint density at radius 2 is 2.06 bits per heavy atom. The van der Waals surface area contributed by atoms with Crippen molar-refractivity contribution in [1.82, 2.24) is 5.32 Å². The van der Waals surface area contributed by atoms with Crippen molar-refractivity contribution in [2.45, 2.75) is 38.3 Å². The highest BCUT2D eigenvalue weighted by Gasteiger charge is 2.20. The van der Waals surface area contributed by atoms with E-state index >= 15 is 0 Å². The van der Waals surface area contributed by atoms with E-state index in [1.54, 1.807) is 0 Å². The van der Waals surface area contributed by atoms with Crippen molar-refractivity contribution in [2.75, 3.05) is 13.2 Å². The molecule has 1 aliphatic rings. The van der Waals surface area contributed by atoms with Gasteiger partial charge in [0.25, 0.3) is 0 Å². The Morgan fingerprint density at radius 1 is 1.24 bits per heavy atom. The van der Waals surface area contributed by atoms with Crippen molar-refractivity contribution in [1.29, 1.82) is 0 Å². The highest BCUT2D eigenvalue weighted by Crippen LogP contribution is 2.22. The highest BCUT2D eigenvalue weighted by atomic mass is 16.5. The third-order valence-corrected chi connectivity index (χ3v) is 2.94. The number of nitrogens with one attached hydrogen (secondary N) is 1. The van der Waals surface area contributed by atoms with Gasteiger partial charge in [-0.15, -0.1) is 0 Å². The zero-order chi connectivity index (χ0) is 11.9. The molecule has 0 unspecified atom stereocenters. The van der Waals surface area contributed by atoms with E-state index in [1.807, 2.05) is 18.2 Å². The Kier molecular flexibility index (Phi) is 4.83. The van der Waals surface area contributed by atoms with E-state index in [0.29, 0.717) is 6.61 Å². The number of aliphatic hydroxyl groups excluding tert-OH is 1. The lowest BCUT2D eigenvalue weighted by Gasteiger charge is -2.11. The van der Waals surface area contributed by atoms with E-state index in [9.17, 15) is 0 Å². The molecule has 0 heterocycles. The first kappa shape index (κ1) is 12.4. The molecule has 0 saturated heterocycles. The topological polar surface area (TPSA) is 41.5 Å². The summed E-state index contributed by atoms with van der Waals surface area (Å²) in [5.74, 6) is 0.971. The molecule has 94 valence electrons. The van der Waals surface area contributed by atoms with Crippen LogP contribution in [0.3, 0.4) is 0 Å². The number of aliphatic hydroxyl groups is 1. The molecule has 17 heavy (non-hydrogen) atoms. The average Bonchev–Trinajstić information content (AvgIpc) is 3.17. The summed E-state index contributed by atoms with van der Waals surface area (Å²) >= 11 is 0. The van der Waals surface area contributed by atoms with Crippen molar-refractivity contribution in [3.05, 3.63) is 29.8 Å².